The standard InChI is InChI=1S/C43H45F4N5O4/c1-42(2,3)56-41(53)52-22-19-31(43(46,47)27-52)24-51-20-17-30(18-21-51)36-34(44)23-33-38(49-50(4)39(33)37(36)45)32-15-16-35(54-25-28-11-7-5-8-12-28)48-40(32)55-26-29-13-9-6-10-14-29/h5-17,23,31H,18-22,24-27H2,1-4H3/t31-/m1/s1. The van der Waals surface area contributed by atoms with Crippen LogP contribution in [0.25, 0.3) is 27.7 Å². The number of ether oxygens (including phenoxy) is 3. The normalized spacial score (nSPS) is 17.5. The molecule has 0 bridgehead atoms. The first-order valence-electron chi connectivity index (χ1n) is 18.7. The zero-order valence-corrected chi connectivity index (χ0v) is 31.9. The highest BCUT2D eigenvalue weighted by Crippen LogP contribution is 2.40. The Morgan fingerprint density at radius 1 is 0.929 bits per heavy atom. The first-order valence-corrected chi connectivity index (χ1v) is 18.7. The Morgan fingerprint density at radius 3 is 2.23 bits per heavy atom. The molecule has 9 nitrogen and oxygen atoms in total. The highest BCUT2D eigenvalue weighted by molar-refractivity contribution is 5.96. The summed E-state index contributed by atoms with van der Waals surface area (Å²) in [7, 11) is 1.59. The number of amides is 1. The number of hydrogen-bond acceptors (Lipinski definition) is 7. The fraction of sp³-hybridized carbons (Fsp3) is 0.372. The molecule has 2 aliphatic rings. The van der Waals surface area contributed by atoms with Gasteiger partial charge in [-0.2, -0.15) is 10.1 Å². The van der Waals surface area contributed by atoms with Gasteiger partial charge in [0.15, 0.2) is 5.82 Å². The summed E-state index contributed by atoms with van der Waals surface area (Å²) in [5.41, 5.74) is 2.21. The fourth-order valence-electron chi connectivity index (χ4n) is 7.21. The molecule has 1 amide bonds. The molecule has 5 aromatic rings. The third-order valence-electron chi connectivity index (χ3n) is 10.0. The van der Waals surface area contributed by atoms with E-state index in [0.29, 0.717) is 29.3 Å². The molecule has 3 aromatic carbocycles. The van der Waals surface area contributed by atoms with Crippen molar-refractivity contribution < 1.29 is 36.6 Å². The number of rotatable bonds is 10. The van der Waals surface area contributed by atoms with E-state index in [-0.39, 0.29) is 68.0 Å². The molecule has 1 saturated heterocycles. The molecular weight excluding hydrogens is 726 g/mol. The average molecular weight is 772 g/mol. The van der Waals surface area contributed by atoms with Crippen molar-refractivity contribution in [2.45, 2.75) is 58.4 Å². The molecule has 294 valence electrons. The maximum absolute atomic E-state index is 16.5. The number of aromatic nitrogens is 3. The largest absolute Gasteiger partial charge is 0.473 e. The summed E-state index contributed by atoms with van der Waals surface area (Å²) < 4.78 is 82.0. The molecule has 0 spiro atoms. The Hall–Kier alpha value is -5.43. The Morgan fingerprint density at radius 2 is 1.61 bits per heavy atom. The van der Waals surface area contributed by atoms with Crippen molar-refractivity contribution in [3.05, 3.63) is 113 Å². The first kappa shape index (κ1) is 38.8. The third kappa shape index (κ3) is 8.67. The van der Waals surface area contributed by atoms with Crippen LogP contribution >= 0.6 is 0 Å². The number of halogens is 4. The van der Waals surface area contributed by atoms with Gasteiger partial charge < -0.3 is 19.1 Å². The third-order valence-corrected chi connectivity index (χ3v) is 10.0. The number of alkyl halides is 2. The monoisotopic (exact) mass is 771 g/mol. The van der Waals surface area contributed by atoms with Crippen molar-refractivity contribution in [1.82, 2.24) is 24.6 Å². The van der Waals surface area contributed by atoms with Crippen LogP contribution in [0.5, 0.6) is 11.8 Å². The van der Waals surface area contributed by atoms with E-state index in [1.807, 2.05) is 65.6 Å². The van der Waals surface area contributed by atoms with Crippen molar-refractivity contribution in [2.75, 3.05) is 32.7 Å². The van der Waals surface area contributed by atoms with E-state index in [2.05, 4.69) is 10.1 Å². The van der Waals surface area contributed by atoms with Gasteiger partial charge in [-0.25, -0.2) is 22.4 Å². The average Bonchev–Trinajstić information content (AvgIpc) is 3.49. The van der Waals surface area contributed by atoms with Gasteiger partial charge in [-0.05, 0) is 62.4 Å². The van der Waals surface area contributed by atoms with Crippen LogP contribution in [-0.4, -0.2) is 74.9 Å². The maximum atomic E-state index is 16.5. The molecule has 0 N–H and O–H groups in total. The molecular formula is C43H45F4N5O4. The second-order valence-corrected chi connectivity index (χ2v) is 15.4. The number of aryl methyl sites for hydroxylation is 1. The summed E-state index contributed by atoms with van der Waals surface area (Å²) in [5.74, 6) is -5.10. The zero-order chi connectivity index (χ0) is 39.6. The summed E-state index contributed by atoms with van der Waals surface area (Å²) in [6.45, 7) is 5.68. The van der Waals surface area contributed by atoms with E-state index in [1.165, 1.54) is 10.7 Å². The van der Waals surface area contributed by atoms with E-state index in [1.54, 1.807) is 46.0 Å². The van der Waals surface area contributed by atoms with E-state index >= 15 is 17.6 Å². The molecule has 2 aliphatic heterocycles. The first-order chi connectivity index (χ1) is 26.8. The summed E-state index contributed by atoms with van der Waals surface area (Å²) in [5, 5.41) is 4.87. The van der Waals surface area contributed by atoms with Crippen LogP contribution in [0.3, 0.4) is 0 Å². The lowest BCUT2D eigenvalue weighted by molar-refractivity contribution is -0.116. The number of pyridine rings is 1. The van der Waals surface area contributed by atoms with Gasteiger partial charge >= 0.3 is 6.09 Å². The second-order valence-electron chi connectivity index (χ2n) is 15.4. The Kier molecular flexibility index (Phi) is 11.1. The molecule has 2 aromatic heterocycles. The number of likely N-dealkylation sites (tertiary alicyclic amines) is 1. The van der Waals surface area contributed by atoms with Gasteiger partial charge in [0.2, 0.25) is 11.8 Å². The van der Waals surface area contributed by atoms with Gasteiger partial charge in [0, 0.05) is 50.6 Å². The number of benzene rings is 3. The summed E-state index contributed by atoms with van der Waals surface area (Å²) in [6, 6.07) is 23.9. The lowest BCUT2D eigenvalue weighted by Crippen LogP contribution is -2.54. The zero-order valence-electron chi connectivity index (χ0n) is 31.9. The van der Waals surface area contributed by atoms with Crippen molar-refractivity contribution in [3.8, 4) is 23.0 Å². The van der Waals surface area contributed by atoms with Crippen LogP contribution < -0.4 is 9.47 Å². The van der Waals surface area contributed by atoms with Crippen molar-refractivity contribution in [3.63, 3.8) is 0 Å². The van der Waals surface area contributed by atoms with E-state index < -0.39 is 41.7 Å². The summed E-state index contributed by atoms with van der Waals surface area (Å²) in [6.07, 6.45) is 1.33. The lowest BCUT2D eigenvalue weighted by atomic mass is 9.91. The van der Waals surface area contributed by atoms with Gasteiger partial charge in [-0.1, -0.05) is 66.7 Å². The van der Waals surface area contributed by atoms with Gasteiger partial charge in [0.05, 0.1) is 17.7 Å². The quantitative estimate of drug-likeness (QED) is 0.131. The highest BCUT2D eigenvalue weighted by Gasteiger charge is 2.47. The Labute approximate surface area is 323 Å². The molecule has 0 radical (unpaired) electrons. The minimum Gasteiger partial charge on any atom is -0.473 e. The van der Waals surface area contributed by atoms with Gasteiger partial charge in [-0.3, -0.25) is 9.58 Å². The van der Waals surface area contributed by atoms with Crippen LogP contribution in [0.4, 0.5) is 22.4 Å². The SMILES string of the molecule is Cn1nc(-c2ccc(OCc3ccccc3)nc2OCc2ccccc2)c2cc(F)c(C3=CCN(C[C@H]4CCN(C(=O)OC(C)(C)C)CC4(F)F)CC3)c(F)c21. The minimum absolute atomic E-state index is 0.0901. The van der Waals surface area contributed by atoms with Gasteiger partial charge in [-0.15, -0.1) is 0 Å². The van der Waals surface area contributed by atoms with E-state index in [0.717, 1.165) is 16.0 Å². The predicted octanol–water partition coefficient (Wildman–Crippen LogP) is 9.05. The topological polar surface area (TPSA) is 82.0 Å². The van der Waals surface area contributed by atoms with Crippen LogP contribution in [-0.2, 0) is 25.0 Å². The van der Waals surface area contributed by atoms with Crippen molar-refractivity contribution in [1.29, 1.82) is 0 Å². The Balaban J connectivity index is 1.11. The Bertz CT molecular complexity index is 2220. The minimum atomic E-state index is -3.11. The molecule has 7 rings (SSSR count). The number of fused-ring (bicyclic) bond motifs is 1. The van der Waals surface area contributed by atoms with Crippen LogP contribution in [0.2, 0.25) is 0 Å². The molecule has 0 aliphatic carbocycles. The fourth-order valence-corrected chi connectivity index (χ4v) is 7.21. The molecule has 1 atom stereocenters. The number of hydrogen-bond donors (Lipinski definition) is 0. The van der Waals surface area contributed by atoms with Gasteiger partial charge in [0.1, 0.15) is 35.8 Å². The van der Waals surface area contributed by atoms with E-state index in [9.17, 15) is 4.79 Å². The molecule has 4 heterocycles. The number of carbonyl (C=O) groups excluding carboxylic acids is 1. The number of nitrogens with zero attached hydrogens (tertiary/aromatic N) is 5. The second kappa shape index (κ2) is 16.0. The van der Waals surface area contributed by atoms with Crippen LogP contribution in [0.1, 0.15) is 50.3 Å². The smallest absolute Gasteiger partial charge is 0.410 e. The van der Waals surface area contributed by atoms with Crippen LogP contribution in [0, 0.1) is 17.6 Å². The molecule has 13 heteroatoms. The lowest BCUT2D eigenvalue weighted by Gasteiger charge is -2.41. The maximum Gasteiger partial charge on any atom is 0.410 e. The highest BCUT2D eigenvalue weighted by atomic mass is 19.3. The van der Waals surface area contributed by atoms with E-state index in [4.69, 9.17) is 14.2 Å². The molecule has 56 heavy (non-hydrogen) atoms. The molecule has 0 saturated carbocycles. The van der Waals surface area contributed by atoms with Crippen LogP contribution in [0.15, 0.2) is 84.9 Å². The van der Waals surface area contributed by atoms with Gasteiger partial charge in [0.25, 0.3) is 5.92 Å². The molecule has 1 fully saturated rings. The summed E-state index contributed by atoms with van der Waals surface area (Å²) in [4.78, 5) is 20.0. The predicted molar refractivity (Wildman–Crippen MR) is 205 cm³/mol. The summed E-state index contributed by atoms with van der Waals surface area (Å²) >= 11 is 0. The number of carbonyl (C=O) groups is 1. The van der Waals surface area contributed by atoms with Crippen molar-refractivity contribution >= 4 is 22.6 Å². The number of piperidine rings is 1. The molecule has 0 unspecified atom stereocenters. The van der Waals surface area contributed by atoms with Crippen molar-refractivity contribution in [2.24, 2.45) is 13.0 Å².